The van der Waals surface area contributed by atoms with Crippen molar-refractivity contribution in [2.45, 2.75) is 5.91 Å². The molecule has 0 N–H and O–H groups in total. The zero-order valence-electron chi connectivity index (χ0n) is 14.6. The van der Waals surface area contributed by atoms with E-state index in [1.807, 2.05) is 49.8 Å². The second-order valence-electron chi connectivity index (χ2n) is 5.81. The van der Waals surface area contributed by atoms with Gasteiger partial charge < -0.3 is 0 Å². The Bertz CT molecular complexity index is 917. The third-order valence-corrected chi connectivity index (χ3v) is 5.08. The molecule has 0 aromatic carbocycles. The molecule has 0 bridgehead atoms. The molecule has 0 fully saturated rings. The van der Waals surface area contributed by atoms with Crippen molar-refractivity contribution in [3.63, 3.8) is 0 Å². The van der Waals surface area contributed by atoms with Crippen molar-refractivity contribution in [2.24, 2.45) is 0 Å². The number of allylic oxidation sites excluding steroid dienone is 1. The minimum atomic E-state index is -7.51. The molecular formula is C13H16F6N6OP+. The second kappa shape index (κ2) is 6.95. The number of nitrogens with zero attached hydrogens (tertiary/aromatic N) is 6. The Morgan fingerprint density at radius 2 is 1.89 bits per heavy atom. The molecule has 0 saturated carbocycles. The normalized spacial score (nSPS) is 21.3. The summed E-state index contributed by atoms with van der Waals surface area (Å²) in [4.78, 5) is 13.0. The standard InChI is InChI=1S/C10H15N6O.C3HF6P/c1-14(2)10(15(3)4)17-16-9-8(12-13-16)6-5-7-11-9;4-1-2(5)10(7,8,9)3(1)6/h5-7H,1-4H3;2H/q+1;. The Kier molecular flexibility index (Phi) is 5.37. The van der Waals surface area contributed by atoms with Crippen LogP contribution in [0.3, 0.4) is 0 Å². The van der Waals surface area contributed by atoms with Gasteiger partial charge in [0.15, 0.2) is 0 Å². The predicted molar refractivity (Wildman–Crippen MR) is 87.1 cm³/mol. The van der Waals surface area contributed by atoms with Gasteiger partial charge in [-0.05, 0) is 22.2 Å². The van der Waals surface area contributed by atoms with Gasteiger partial charge in [-0.2, -0.15) is 0 Å². The van der Waals surface area contributed by atoms with Crippen molar-refractivity contribution in [2.75, 3.05) is 28.2 Å². The van der Waals surface area contributed by atoms with Crippen LogP contribution in [0.1, 0.15) is 0 Å². The molecule has 27 heavy (non-hydrogen) atoms. The summed E-state index contributed by atoms with van der Waals surface area (Å²) in [5.41, 5.74) is -1.54. The van der Waals surface area contributed by atoms with E-state index in [1.165, 1.54) is 4.85 Å². The van der Waals surface area contributed by atoms with Crippen LogP contribution in [0.15, 0.2) is 29.7 Å². The first-order chi connectivity index (χ1) is 12.3. The van der Waals surface area contributed by atoms with Gasteiger partial charge in [0.25, 0.3) is 0 Å². The van der Waals surface area contributed by atoms with Crippen molar-refractivity contribution in [1.82, 2.24) is 25.0 Å². The summed E-state index contributed by atoms with van der Waals surface area (Å²) < 4.78 is 71.5. The molecule has 0 amide bonds. The maximum atomic E-state index is 11.7. The molecule has 1 atom stereocenters. The van der Waals surface area contributed by atoms with E-state index in [2.05, 4.69) is 15.3 Å². The Labute approximate surface area is 149 Å². The van der Waals surface area contributed by atoms with Gasteiger partial charge in [-0.15, -0.1) is 5.10 Å². The Balaban J connectivity index is 0.000000223. The number of amidine groups is 1. The Morgan fingerprint density at radius 3 is 2.33 bits per heavy atom. The van der Waals surface area contributed by atoms with E-state index in [9.17, 15) is 25.8 Å². The Morgan fingerprint density at radius 1 is 1.26 bits per heavy atom. The molecule has 150 valence electrons. The third-order valence-electron chi connectivity index (χ3n) is 3.23. The summed E-state index contributed by atoms with van der Waals surface area (Å²) in [6, 6.07) is 4.28. The SMILES string of the molecule is CN(C)C(On1nnc2cccnc21)=[N+](C)C.FC1=C(F)P(F)(F)(F)C1F. The fourth-order valence-corrected chi connectivity index (χ4v) is 2.90. The summed E-state index contributed by atoms with van der Waals surface area (Å²) in [6.07, 6.45) is 1.68. The molecule has 2 aromatic rings. The summed E-state index contributed by atoms with van der Waals surface area (Å²) in [5, 5.41) is 7.87. The fourth-order valence-electron chi connectivity index (χ4n) is 1.95. The van der Waals surface area contributed by atoms with E-state index in [0.717, 1.165) is 0 Å². The molecule has 7 nitrogen and oxygen atoms in total. The molecule has 0 saturated heterocycles. The van der Waals surface area contributed by atoms with E-state index < -0.39 is 24.8 Å². The van der Waals surface area contributed by atoms with Gasteiger partial charge >= 0.3 is 56.6 Å². The van der Waals surface area contributed by atoms with E-state index >= 15 is 0 Å². The van der Waals surface area contributed by atoms with E-state index in [4.69, 9.17) is 4.84 Å². The molecule has 0 aliphatic carbocycles. The predicted octanol–water partition coefficient (Wildman–Crippen LogP) is 3.06. The molecule has 3 heterocycles. The Hall–Kier alpha value is -2.43. The molecule has 2 aromatic heterocycles. The van der Waals surface area contributed by atoms with Crippen LogP contribution < -0.4 is 4.84 Å². The van der Waals surface area contributed by atoms with Crippen LogP contribution >= 0.6 is 7.54 Å². The van der Waals surface area contributed by atoms with Crippen LogP contribution in [0.25, 0.3) is 11.2 Å². The number of halogens is 6. The molecular weight excluding hydrogens is 401 g/mol. The summed E-state index contributed by atoms with van der Waals surface area (Å²) >= 11 is 0. The van der Waals surface area contributed by atoms with Crippen LogP contribution in [-0.2, 0) is 0 Å². The van der Waals surface area contributed by atoms with Crippen molar-refractivity contribution >= 4 is 24.7 Å². The summed E-state index contributed by atoms with van der Waals surface area (Å²) in [7, 11) is 0.0551. The maximum absolute atomic E-state index is 11.7. The minimum absolute atomic E-state index is 0.591. The first-order valence-electron chi connectivity index (χ1n) is 7.28. The second-order valence-corrected chi connectivity index (χ2v) is 8.39. The molecule has 1 aliphatic rings. The number of rotatable bonds is 1. The zero-order chi connectivity index (χ0) is 20.6. The summed E-state index contributed by atoms with van der Waals surface area (Å²) in [6.45, 7) is 0. The number of hydrogen-bond acceptors (Lipinski definition) is 4. The van der Waals surface area contributed by atoms with Gasteiger partial charge in [-0.3, -0.25) is 4.84 Å². The average molecular weight is 417 g/mol. The molecule has 1 unspecified atom stereocenters. The van der Waals surface area contributed by atoms with Crippen LogP contribution in [0.4, 0.5) is 25.8 Å². The van der Waals surface area contributed by atoms with Gasteiger partial charge in [0, 0.05) is 6.20 Å². The van der Waals surface area contributed by atoms with E-state index in [0.29, 0.717) is 17.2 Å². The van der Waals surface area contributed by atoms with Gasteiger partial charge in [-0.25, -0.2) is 14.5 Å². The van der Waals surface area contributed by atoms with Gasteiger partial charge in [0.05, 0.1) is 28.2 Å². The fraction of sp³-hybridized carbons (Fsp3) is 0.385. The number of hydrogen-bond donors (Lipinski definition) is 0. The van der Waals surface area contributed by atoms with Crippen molar-refractivity contribution in [3.8, 4) is 0 Å². The topological polar surface area (TPSA) is 59.1 Å². The van der Waals surface area contributed by atoms with Gasteiger partial charge in [0.1, 0.15) is 5.52 Å². The van der Waals surface area contributed by atoms with Crippen LogP contribution in [0.5, 0.6) is 0 Å². The molecule has 1 aliphatic heterocycles. The van der Waals surface area contributed by atoms with E-state index in [-0.39, 0.29) is 0 Å². The molecule has 0 spiro atoms. The van der Waals surface area contributed by atoms with Crippen molar-refractivity contribution < 1.29 is 35.2 Å². The summed E-state index contributed by atoms with van der Waals surface area (Å²) in [5.74, 6) is -5.98. The number of aromatic nitrogens is 4. The first kappa shape index (κ1) is 20.9. The number of pyridine rings is 1. The quantitative estimate of drug-likeness (QED) is 0.235. The monoisotopic (exact) mass is 417 g/mol. The van der Waals surface area contributed by atoms with Crippen molar-refractivity contribution in [1.29, 1.82) is 0 Å². The van der Waals surface area contributed by atoms with Crippen LogP contribution in [0.2, 0.25) is 0 Å². The third kappa shape index (κ3) is 3.82. The first-order valence-corrected chi connectivity index (χ1v) is 9.26. The molecule has 0 radical (unpaired) electrons. The number of fused-ring (bicyclic) bond motifs is 1. The molecule has 3 rings (SSSR count). The molecule has 14 heteroatoms. The van der Waals surface area contributed by atoms with Gasteiger partial charge in [-0.1, -0.05) is 0 Å². The van der Waals surface area contributed by atoms with Gasteiger partial charge in [0.2, 0.25) is 5.65 Å². The number of alkyl halides is 1. The average Bonchev–Trinajstić information content (AvgIpc) is 3.00. The van der Waals surface area contributed by atoms with Crippen LogP contribution in [0, 0.1) is 0 Å². The van der Waals surface area contributed by atoms with Crippen LogP contribution in [-0.4, -0.2) is 69.7 Å². The van der Waals surface area contributed by atoms with Crippen molar-refractivity contribution in [3.05, 3.63) is 29.7 Å². The van der Waals surface area contributed by atoms with E-state index in [1.54, 1.807) is 6.20 Å². The zero-order valence-corrected chi connectivity index (χ0v) is 15.5.